The minimum Gasteiger partial charge on any atom is -0.467 e. The van der Waals surface area contributed by atoms with Crippen LogP contribution >= 0.6 is 0 Å². The largest absolute Gasteiger partial charge is 0.467 e. The Kier molecular flexibility index (Phi) is 4.75. The molecule has 4 rings (SSSR count). The van der Waals surface area contributed by atoms with E-state index in [1.54, 1.807) is 20.0 Å². The van der Waals surface area contributed by atoms with Crippen LogP contribution in [-0.4, -0.2) is 38.9 Å². The number of aromatic nitrogens is 4. The minimum atomic E-state index is -0.554. The first-order valence-electron chi connectivity index (χ1n) is 9.30. The fourth-order valence-corrected chi connectivity index (χ4v) is 3.56. The molecule has 154 valence electrons. The standard InChI is InChI=1S/C20H21FN8O/c1-11-13-7-12(21)5-6-16(13)29(4)27(2)10-15-18(17(8-22)28(3)26-15)14-9-24-19(23)20(25-14)30-11/h5-7,9,11H,10H2,1-4H3,(H2,23,24). The molecule has 9 nitrogen and oxygen atoms in total. The third-order valence-corrected chi connectivity index (χ3v) is 5.20. The third-order valence-electron chi connectivity index (χ3n) is 5.20. The van der Waals surface area contributed by atoms with Gasteiger partial charge in [0.1, 0.15) is 23.7 Å². The number of hydrogen-bond donors (Lipinski definition) is 1. The maximum absolute atomic E-state index is 14.0. The monoisotopic (exact) mass is 408 g/mol. The molecule has 10 heteroatoms. The van der Waals surface area contributed by atoms with Gasteiger partial charge in [-0.3, -0.25) is 4.68 Å². The number of fused-ring (bicyclic) bond motifs is 5. The molecule has 0 amide bonds. The number of aryl methyl sites for hydroxylation is 1. The molecule has 0 spiro atoms. The summed E-state index contributed by atoms with van der Waals surface area (Å²) in [6.45, 7) is 2.18. The van der Waals surface area contributed by atoms with Crippen LogP contribution in [0.15, 0.2) is 24.4 Å². The summed E-state index contributed by atoms with van der Waals surface area (Å²) in [5, 5.41) is 18.0. The Morgan fingerprint density at radius 1 is 1.30 bits per heavy atom. The first kappa shape index (κ1) is 19.6. The fourth-order valence-electron chi connectivity index (χ4n) is 3.56. The van der Waals surface area contributed by atoms with Crippen molar-refractivity contribution in [3.05, 3.63) is 47.2 Å². The number of anilines is 2. The molecule has 0 aliphatic carbocycles. The summed E-state index contributed by atoms with van der Waals surface area (Å²) in [5.41, 5.74) is 9.40. The van der Waals surface area contributed by atoms with Gasteiger partial charge < -0.3 is 15.5 Å². The zero-order valence-electron chi connectivity index (χ0n) is 17.1. The average Bonchev–Trinajstić information content (AvgIpc) is 3.03. The first-order chi connectivity index (χ1) is 14.3. The quantitative estimate of drug-likeness (QED) is 0.604. The van der Waals surface area contributed by atoms with E-state index >= 15 is 0 Å². The van der Waals surface area contributed by atoms with Crippen molar-refractivity contribution >= 4 is 11.5 Å². The van der Waals surface area contributed by atoms with Crippen molar-refractivity contribution in [2.75, 3.05) is 24.8 Å². The molecule has 3 heterocycles. The molecular weight excluding hydrogens is 387 g/mol. The average molecular weight is 408 g/mol. The Balaban J connectivity index is 1.97. The van der Waals surface area contributed by atoms with Crippen LogP contribution in [0.25, 0.3) is 11.3 Å². The molecule has 2 aromatic heterocycles. The molecule has 1 atom stereocenters. The van der Waals surface area contributed by atoms with Crippen LogP contribution in [0.2, 0.25) is 0 Å². The molecule has 0 saturated carbocycles. The molecule has 2 bridgehead atoms. The number of ether oxygens (including phenoxy) is 1. The van der Waals surface area contributed by atoms with Gasteiger partial charge in [0.25, 0.3) is 5.88 Å². The first-order valence-corrected chi connectivity index (χ1v) is 9.30. The van der Waals surface area contributed by atoms with Gasteiger partial charge in [-0.2, -0.15) is 10.4 Å². The smallest absolute Gasteiger partial charge is 0.258 e. The highest BCUT2D eigenvalue weighted by Gasteiger charge is 2.26. The van der Waals surface area contributed by atoms with Gasteiger partial charge in [0.2, 0.25) is 0 Å². The molecule has 0 fully saturated rings. The molecule has 1 aliphatic rings. The molecule has 1 aliphatic heterocycles. The van der Waals surface area contributed by atoms with Gasteiger partial charge >= 0.3 is 0 Å². The number of hydrogen-bond acceptors (Lipinski definition) is 8. The van der Waals surface area contributed by atoms with Crippen molar-refractivity contribution in [3.8, 4) is 23.2 Å². The Morgan fingerprint density at radius 2 is 2.07 bits per heavy atom. The number of nitrogen functional groups attached to an aromatic ring is 1. The van der Waals surface area contributed by atoms with Crippen LogP contribution in [0.4, 0.5) is 15.9 Å². The Labute approximate surface area is 173 Å². The highest BCUT2D eigenvalue weighted by molar-refractivity contribution is 5.69. The van der Waals surface area contributed by atoms with E-state index < -0.39 is 6.10 Å². The van der Waals surface area contributed by atoms with E-state index in [4.69, 9.17) is 10.5 Å². The summed E-state index contributed by atoms with van der Waals surface area (Å²) >= 11 is 0. The van der Waals surface area contributed by atoms with Gasteiger partial charge in [-0.1, -0.05) is 0 Å². The second kappa shape index (κ2) is 7.27. The molecule has 3 aromatic rings. The van der Waals surface area contributed by atoms with Gasteiger partial charge in [-0.05, 0) is 25.1 Å². The molecule has 0 saturated heterocycles. The fraction of sp³-hybridized carbons (Fsp3) is 0.300. The highest BCUT2D eigenvalue weighted by Crippen LogP contribution is 2.35. The van der Waals surface area contributed by atoms with Gasteiger partial charge in [-0.25, -0.2) is 19.4 Å². The van der Waals surface area contributed by atoms with Gasteiger partial charge in [-0.15, -0.1) is 0 Å². The Bertz CT molecular complexity index is 1170. The summed E-state index contributed by atoms with van der Waals surface area (Å²) in [6.07, 6.45) is 0.943. The van der Waals surface area contributed by atoms with Crippen LogP contribution in [0.3, 0.4) is 0 Å². The second-order valence-electron chi connectivity index (χ2n) is 7.15. The molecule has 0 radical (unpaired) electrons. The number of nitrogens with zero attached hydrogens (tertiary/aromatic N) is 7. The van der Waals surface area contributed by atoms with E-state index in [9.17, 15) is 9.65 Å². The lowest BCUT2D eigenvalue weighted by Gasteiger charge is -2.33. The predicted octanol–water partition coefficient (Wildman–Crippen LogP) is 2.41. The molecule has 1 aromatic carbocycles. The van der Waals surface area contributed by atoms with Crippen LogP contribution in [0.5, 0.6) is 5.88 Å². The van der Waals surface area contributed by atoms with Crippen LogP contribution in [0.1, 0.15) is 30.0 Å². The van der Waals surface area contributed by atoms with Crippen LogP contribution < -0.4 is 15.5 Å². The van der Waals surface area contributed by atoms with Crippen molar-refractivity contribution in [2.45, 2.75) is 19.6 Å². The maximum Gasteiger partial charge on any atom is 0.258 e. The van der Waals surface area contributed by atoms with Gasteiger partial charge in [0.15, 0.2) is 5.82 Å². The number of hydrazine groups is 1. The SMILES string of the molecule is CC1Oc2nc(cnc2N)-c2c(nn(C)c2C#N)CN(C)N(C)c2ccc(F)cc21. The van der Waals surface area contributed by atoms with Crippen LogP contribution in [-0.2, 0) is 13.6 Å². The number of benzene rings is 1. The van der Waals surface area contributed by atoms with Crippen molar-refractivity contribution in [1.29, 1.82) is 5.26 Å². The van der Waals surface area contributed by atoms with Gasteiger partial charge in [0.05, 0.1) is 35.4 Å². The molecular formula is C20H21FN8O. The summed E-state index contributed by atoms with van der Waals surface area (Å²) in [7, 11) is 5.46. The summed E-state index contributed by atoms with van der Waals surface area (Å²) in [6, 6.07) is 6.71. The van der Waals surface area contributed by atoms with Crippen molar-refractivity contribution in [1.82, 2.24) is 24.8 Å². The zero-order valence-corrected chi connectivity index (χ0v) is 17.1. The predicted molar refractivity (Wildman–Crippen MR) is 109 cm³/mol. The summed E-state index contributed by atoms with van der Waals surface area (Å²) in [4.78, 5) is 8.72. The number of rotatable bonds is 0. The number of nitriles is 1. The normalized spacial score (nSPS) is 16.5. The van der Waals surface area contributed by atoms with Crippen LogP contribution in [0, 0.1) is 17.1 Å². The van der Waals surface area contributed by atoms with E-state index in [1.807, 2.05) is 24.1 Å². The summed E-state index contributed by atoms with van der Waals surface area (Å²) < 4.78 is 21.6. The number of halogens is 1. The second-order valence-corrected chi connectivity index (χ2v) is 7.15. The molecule has 2 N–H and O–H groups in total. The minimum absolute atomic E-state index is 0.107. The van der Waals surface area contributed by atoms with E-state index in [0.717, 1.165) is 5.69 Å². The topological polar surface area (TPSA) is 109 Å². The number of nitrogens with two attached hydrogens (primary N) is 1. The maximum atomic E-state index is 14.0. The van der Waals surface area contributed by atoms with E-state index in [2.05, 4.69) is 21.1 Å². The highest BCUT2D eigenvalue weighted by atomic mass is 19.1. The summed E-state index contributed by atoms with van der Waals surface area (Å²) in [5.74, 6) is -0.147. The van der Waals surface area contributed by atoms with E-state index in [1.165, 1.54) is 23.0 Å². The lowest BCUT2D eigenvalue weighted by molar-refractivity contribution is 0.216. The Hall–Kier alpha value is -3.71. The van der Waals surface area contributed by atoms with E-state index in [-0.39, 0.29) is 17.5 Å². The molecule has 30 heavy (non-hydrogen) atoms. The van der Waals surface area contributed by atoms with Gasteiger partial charge in [0, 0.05) is 26.7 Å². The van der Waals surface area contributed by atoms with Crippen molar-refractivity contribution in [3.63, 3.8) is 0 Å². The lowest BCUT2D eigenvalue weighted by atomic mass is 10.1. The van der Waals surface area contributed by atoms with Crippen molar-refractivity contribution in [2.24, 2.45) is 7.05 Å². The molecule has 1 unspecified atom stereocenters. The zero-order chi connectivity index (χ0) is 21.6. The Morgan fingerprint density at radius 3 is 2.80 bits per heavy atom. The lowest BCUT2D eigenvalue weighted by Crippen LogP contribution is -2.37. The van der Waals surface area contributed by atoms with Crippen molar-refractivity contribution < 1.29 is 9.13 Å². The third kappa shape index (κ3) is 3.19. The van der Waals surface area contributed by atoms with E-state index in [0.29, 0.717) is 34.8 Å².